The fraction of sp³-hybridized carbons (Fsp3) is 0.0769. The number of aromatic carboxylic acids is 1. The van der Waals surface area contributed by atoms with Crippen LogP contribution >= 0.6 is 11.3 Å². The summed E-state index contributed by atoms with van der Waals surface area (Å²) in [6.07, 6.45) is 1.40. The van der Waals surface area contributed by atoms with E-state index in [1.165, 1.54) is 29.8 Å². The van der Waals surface area contributed by atoms with Crippen LogP contribution < -0.4 is 5.32 Å². The summed E-state index contributed by atoms with van der Waals surface area (Å²) >= 11 is 1.48. The van der Waals surface area contributed by atoms with Crippen LogP contribution in [0.15, 0.2) is 29.9 Å². The van der Waals surface area contributed by atoms with Gasteiger partial charge < -0.3 is 10.4 Å². The Morgan fingerprint density at radius 3 is 2.90 bits per heavy atom. The van der Waals surface area contributed by atoms with Crippen molar-refractivity contribution in [2.75, 3.05) is 5.32 Å². The number of nitrogens with one attached hydrogen (secondary N) is 1. The van der Waals surface area contributed by atoms with Gasteiger partial charge in [-0.05, 0) is 25.1 Å². The first-order chi connectivity index (χ1) is 9.63. The van der Waals surface area contributed by atoms with E-state index in [-0.39, 0.29) is 5.56 Å². The molecule has 0 aliphatic heterocycles. The summed E-state index contributed by atoms with van der Waals surface area (Å²) in [6, 6.07) is 4.76. The number of carbonyl (C=O) groups is 1. The van der Waals surface area contributed by atoms with Gasteiger partial charge in [-0.1, -0.05) is 0 Å². The minimum atomic E-state index is -0.976. The second-order valence-corrected chi connectivity index (χ2v) is 5.04. The van der Waals surface area contributed by atoms with E-state index in [2.05, 4.69) is 20.3 Å². The quantitative estimate of drug-likeness (QED) is 0.769. The highest BCUT2D eigenvalue weighted by atomic mass is 32.1. The molecular weight excluding hydrogens is 276 g/mol. The second-order valence-electron chi connectivity index (χ2n) is 4.18. The molecule has 0 atom stereocenters. The van der Waals surface area contributed by atoms with Crippen LogP contribution in [0, 0.1) is 6.92 Å². The van der Waals surface area contributed by atoms with Crippen LogP contribution in [0.3, 0.4) is 0 Å². The van der Waals surface area contributed by atoms with Crippen LogP contribution in [-0.4, -0.2) is 26.0 Å². The Bertz CT molecular complexity index is 800. The Labute approximate surface area is 118 Å². The first-order valence-corrected chi connectivity index (χ1v) is 6.68. The number of benzene rings is 1. The van der Waals surface area contributed by atoms with Gasteiger partial charge in [-0.2, -0.15) is 0 Å². The number of hydrogen-bond acceptors (Lipinski definition) is 6. The molecule has 2 heterocycles. The van der Waals surface area contributed by atoms with E-state index < -0.39 is 5.97 Å². The average molecular weight is 286 g/mol. The third-order valence-electron chi connectivity index (χ3n) is 2.73. The molecule has 0 radical (unpaired) electrons. The average Bonchev–Trinajstić information content (AvgIpc) is 2.84. The second kappa shape index (κ2) is 4.86. The number of aromatic nitrogens is 3. The van der Waals surface area contributed by atoms with Gasteiger partial charge >= 0.3 is 5.97 Å². The molecule has 0 amide bonds. The Balaban J connectivity index is 2.05. The van der Waals surface area contributed by atoms with E-state index in [9.17, 15) is 4.79 Å². The van der Waals surface area contributed by atoms with Gasteiger partial charge in [0.2, 0.25) is 0 Å². The van der Waals surface area contributed by atoms with Gasteiger partial charge in [0.25, 0.3) is 0 Å². The van der Waals surface area contributed by atoms with Crippen molar-refractivity contribution in [3.8, 4) is 0 Å². The molecule has 0 aliphatic carbocycles. The molecule has 3 rings (SSSR count). The van der Waals surface area contributed by atoms with E-state index >= 15 is 0 Å². The Kier molecular flexibility index (Phi) is 3.03. The van der Waals surface area contributed by atoms with E-state index in [4.69, 9.17) is 5.11 Å². The van der Waals surface area contributed by atoms with E-state index in [0.29, 0.717) is 11.3 Å². The standard InChI is InChI=1S/C13H10N4O2S/c1-7-5-20-13(16-7)17-11-9-3-2-8(12(18)19)4-10(9)14-6-15-11/h2-6H,1H3,(H,18,19)(H,14,15,16,17). The van der Waals surface area contributed by atoms with Crippen LogP contribution in [0.25, 0.3) is 10.9 Å². The summed E-state index contributed by atoms with van der Waals surface area (Å²) in [6.45, 7) is 1.92. The molecule has 20 heavy (non-hydrogen) atoms. The third-order valence-corrected chi connectivity index (χ3v) is 3.60. The zero-order valence-corrected chi connectivity index (χ0v) is 11.3. The number of thiazole rings is 1. The molecule has 0 bridgehead atoms. The molecule has 0 saturated carbocycles. The third kappa shape index (κ3) is 2.30. The van der Waals surface area contributed by atoms with Gasteiger partial charge in [-0.3, -0.25) is 0 Å². The van der Waals surface area contributed by atoms with Crippen LogP contribution in [-0.2, 0) is 0 Å². The van der Waals surface area contributed by atoms with Gasteiger partial charge in [0.1, 0.15) is 12.1 Å². The number of aryl methyl sites for hydroxylation is 1. The lowest BCUT2D eigenvalue weighted by molar-refractivity contribution is 0.0697. The molecule has 2 aromatic heterocycles. The summed E-state index contributed by atoms with van der Waals surface area (Å²) in [5, 5.41) is 15.5. The van der Waals surface area contributed by atoms with Crippen molar-refractivity contribution in [3.63, 3.8) is 0 Å². The Hall–Kier alpha value is -2.54. The fourth-order valence-electron chi connectivity index (χ4n) is 1.80. The maximum absolute atomic E-state index is 11.0. The summed E-state index contributed by atoms with van der Waals surface area (Å²) in [7, 11) is 0. The van der Waals surface area contributed by atoms with Crippen LogP contribution in [0.5, 0.6) is 0 Å². The minimum Gasteiger partial charge on any atom is -0.478 e. The monoisotopic (exact) mass is 286 g/mol. The molecule has 1 aromatic carbocycles. The predicted octanol–water partition coefficient (Wildman–Crippen LogP) is 2.84. The van der Waals surface area contributed by atoms with Crippen molar-refractivity contribution in [1.82, 2.24) is 15.0 Å². The van der Waals surface area contributed by atoms with Crippen LogP contribution in [0.2, 0.25) is 0 Å². The lowest BCUT2D eigenvalue weighted by atomic mass is 10.1. The van der Waals surface area contributed by atoms with Gasteiger partial charge in [-0.25, -0.2) is 19.7 Å². The Morgan fingerprint density at radius 1 is 1.35 bits per heavy atom. The highest BCUT2D eigenvalue weighted by Gasteiger charge is 2.09. The van der Waals surface area contributed by atoms with Crippen molar-refractivity contribution in [2.45, 2.75) is 6.92 Å². The van der Waals surface area contributed by atoms with Crippen molar-refractivity contribution in [3.05, 3.63) is 41.2 Å². The van der Waals surface area contributed by atoms with Crippen LogP contribution in [0.1, 0.15) is 16.1 Å². The molecule has 2 N–H and O–H groups in total. The molecular formula is C13H10N4O2S. The summed E-state index contributed by atoms with van der Waals surface area (Å²) < 4.78 is 0. The van der Waals surface area contributed by atoms with Crippen molar-refractivity contribution < 1.29 is 9.90 Å². The Morgan fingerprint density at radius 2 is 2.20 bits per heavy atom. The molecule has 7 heteroatoms. The van der Waals surface area contributed by atoms with Crippen molar-refractivity contribution in [1.29, 1.82) is 0 Å². The highest BCUT2D eigenvalue weighted by molar-refractivity contribution is 7.13. The first-order valence-electron chi connectivity index (χ1n) is 5.81. The molecule has 0 fully saturated rings. The number of nitrogens with zero attached hydrogens (tertiary/aromatic N) is 3. The SMILES string of the molecule is Cc1csc(Nc2ncnc3cc(C(=O)O)ccc23)n1. The normalized spacial score (nSPS) is 10.7. The zero-order valence-electron chi connectivity index (χ0n) is 10.5. The lowest BCUT2D eigenvalue weighted by Crippen LogP contribution is -1.99. The number of carboxylic acid groups (broad SMARTS) is 1. The van der Waals surface area contributed by atoms with E-state index in [1.807, 2.05) is 12.3 Å². The number of hydrogen-bond donors (Lipinski definition) is 2. The van der Waals surface area contributed by atoms with Gasteiger partial charge in [0, 0.05) is 10.8 Å². The fourth-order valence-corrected chi connectivity index (χ4v) is 2.49. The minimum absolute atomic E-state index is 0.201. The topological polar surface area (TPSA) is 88.0 Å². The molecule has 0 saturated heterocycles. The predicted molar refractivity (Wildman–Crippen MR) is 76.6 cm³/mol. The van der Waals surface area contributed by atoms with E-state index in [0.717, 1.165) is 16.2 Å². The van der Waals surface area contributed by atoms with Crippen LogP contribution in [0.4, 0.5) is 10.9 Å². The molecule has 0 aliphatic rings. The van der Waals surface area contributed by atoms with Gasteiger partial charge in [0.15, 0.2) is 5.13 Å². The maximum atomic E-state index is 11.0. The van der Waals surface area contributed by atoms with Crippen molar-refractivity contribution in [2.24, 2.45) is 0 Å². The maximum Gasteiger partial charge on any atom is 0.335 e. The highest BCUT2D eigenvalue weighted by Crippen LogP contribution is 2.25. The van der Waals surface area contributed by atoms with Gasteiger partial charge in [-0.15, -0.1) is 11.3 Å². The number of carboxylic acids is 1. The lowest BCUT2D eigenvalue weighted by Gasteiger charge is -2.06. The summed E-state index contributed by atoms with van der Waals surface area (Å²) in [5.74, 6) is -0.364. The zero-order chi connectivity index (χ0) is 14.1. The van der Waals surface area contributed by atoms with Crippen molar-refractivity contribution >= 4 is 39.2 Å². The van der Waals surface area contributed by atoms with Gasteiger partial charge in [0.05, 0.1) is 16.8 Å². The number of rotatable bonds is 3. The summed E-state index contributed by atoms with van der Waals surface area (Å²) in [4.78, 5) is 23.6. The molecule has 3 aromatic rings. The molecule has 0 spiro atoms. The van der Waals surface area contributed by atoms with E-state index in [1.54, 1.807) is 6.07 Å². The largest absolute Gasteiger partial charge is 0.478 e. The number of anilines is 2. The molecule has 6 nitrogen and oxygen atoms in total. The smallest absolute Gasteiger partial charge is 0.335 e. The molecule has 0 unspecified atom stereocenters. The summed E-state index contributed by atoms with van der Waals surface area (Å²) in [5.41, 5.74) is 1.71. The first kappa shape index (κ1) is 12.5. The number of fused-ring (bicyclic) bond motifs is 1. The molecule has 100 valence electrons.